The van der Waals surface area contributed by atoms with Gasteiger partial charge in [0.15, 0.2) is 0 Å². The van der Waals surface area contributed by atoms with Gasteiger partial charge in [0.25, 0.3) is 11.7 Å². The Balaban J connectivity index is 2.15. The fourth-order valence-electron chi connectivity index (χ4n) is 3.49. The van der Waals surface area contributed by atoms with Gasteiger partial charge in [-0.25, -0.2) is 0 Å². The lowest BCUT2D eigenvalue weighted by atomic mass is 9.95. The molecule has 0 aromatic heterocycles. The molecule has 1 aliphatic rings. The first kappa shape index (κ1) is 21.7. The molecule has 158 valence electrons. The van der Waals surface area contributed by atoms with Crippen LogP contribution >= 0.6 is 11.6 Å². The van der Waals surface area contributed by atoms with Crippen LogP contribution in [-0.2, 0) is 14.3 Å². The number of carbonyl (C=O) groups excluding carboxylic acids is 2. The van der Waals surface area contributed by atoms with Crippen LogP contribution in [0.25, 0.3) is 5.76 Å². The highest BCUT2D eigenvalue weighted by molar-refractivity contribution is 6.46. The van der Waals surface area contributed by atoms with Crippen LogP contribution in [0.4, 0.5) is 0 Å². The quantitative estimate of drug-likeness (QED) is 0.301. The van der Waals surface area contributed by atoms with Crippen molar-refractivity contribution in [1.82, 2.24) is 4.90 Å². The molecule has 1 fully saturated rings. The van der Waals surface area contributed by atoms with Crippen molar-refractivity contribution < 1.29 is 29.3 Å². The summed E-state index contributed by atoms with van der Waals surface area (Å²) in [5.41, 5.74) is 0.734. The molecular weight excluding hydrogens is 410 g/mol. The number of rotatable bonds is 7. The Morgan fingerprint density at radius 2 is 1.93 bits per heavy atom. The fourth-order valence-corrected chi connectivity index (χ4v) is 3.69. The largest absolute Gasteiger partial charge is 0.508 e. The first-order valence-electron chi connectivity index (χ1n) is 9.29. The second kappa shape index (κ2) is 9.19. The molecule has 8 heteroatoms. The SMILES string of the molecule is COCCCN1C(=O)C(=O)/C(=C(\O)c2ccc(Cl)c(OC)c2)C1c1cccc(O)c1. The second-order valence-electron chi connectivity index (χ2n) is 6.78. The number of benzene rings is 2. The Labute approximate surface area is 179 Å². The molecule has 1 aliphatic heterocycles. The number of nitrogens with zero attached hydrogens (tertiary/aromatic N) is 1. The lowest BCUT2D eigenvalue weighted by Crippen LogP contribution is -2.31. The van der Waals surface area contributed by atoms with Crippen molar-refractivity contribution in [2.75, 3.05) is 27.4 Å². The zero-order valence-corrected chi connectivity index (χ0v) is 17.3. The lowest BCUT2D eigenvalue weighted by Gasteiger charge is -2.25. The Bertz CT molecular complexity index is 1000. The van der Waals surface area contributed by atoms with E-state index in [1.165, 1.54) is 42.3 Å². The molecule has 2 N–H and O–H groups in total. The van der Waals surface area contributed by atoms with Gasteiger partial charge in [0.05, 0.1) is 23.7 Å². The van der Waals surface area contributed by atoms with Crippen molar-refractivity contribution in [2.24, 2.45) is 0 Å². The van der Waals surface area contributed by atoms with E-state index >= 15 is 0 Å². The van der Waals surface area contributed by atoms with Crippen molar-refractivity contribution in [2.45, 2.75) is 12.5 Å². The summed E-state index contributed by atoms with van der Waals surface area (Å²) in [5.74, 6) is -1.55. The third kappa shape index (κ3) is 4.13. The molecule has 7 nitrogen and oxygen atoms in total. The first-order valence-corrected chi connectivity index (χ1v) is 9.67. The zero-order chi connectivity index (χ0) is 21.8. The van der Waals surface area contributed by atoms with Crippen LogP contribution in [0.1, 0.15) is 23.6 Å². The van der Waals surface area contributed by atoms with E-state index in [0.717, 1.165) is 0 Å². The summed E-state index contributed by atoms with van der Waals surface area (Å²) in [6, 6.07) is 9.98. The monoisotopic (exact) mass is 431 g/mol. The number of aliphatic hydroxyl groups is 1. The van der Waals surface area contributed by atoms with Crippen LogP contribution in [0.5, 0.6) is 11.5 Å². The van der Waals surface area contributed by atoms with Gasteiger partial charge in [0.1, 0.15) is 17.3 Å². The van der Waals surface area contributed by atoms with Crippen LogP contribution in [0.15, 0.2) is 48.0 Å². The first-order chi connectivity index (χ1) is 14.4. The van der Waals surface area contributed by atoms with E-state index in [1.807, 2.05) is 0 Å². The molecule has 0 aliphatic carbocycles. The topological polar surface area (TPSA) is 96.3 Å². The highest BCUT2D eigenvalue weighted by atomic mass is 35.5. The normalized spacial score (nSPS) is 18.1. The molecule has 0 spiro atoms. The maximum Gasteiger partial charge on any atom is 0.295 e. The molecule has 0 saturated carbocycles. The van der Waals surface area contributed by atoms with Gasteiger partial charge < -0.3 is 24.6 Å². The molecule has 2 aromatic carbocycles. The molecule has 1 amide bonds. The van der Waals surface area contributed by atoms with Crippen LogP contribution in [0.3, 0.4) is 0 Å². The smallest absolute Gasteiger partial charge is 0.295 e. The Kier molecular flexibility index (Phi) is 6.64. The third-order valence-corrected chi connectivity index (χ3v) is 5.21. The predicted molar refractivity (Wildman–Crippen MR) is 112 cm³/mol. The van der Waals surface area contributed by atoms with Gasteiger partial charge in [-0.15, -0.1) is 0 Å². The molecule has 0 radical (unpaired) electrons. The molecule has 2 aromatic rings. The standard InChI is InChI=1S/C22H22ClNO6/c1-29-10-4-9-24-19(13-5-3-6-15(25)11-13)18(21(27)22(24)28)20(26)14-7-8-16(23)17(12-14)30-2/h3,5-8,11-12,19,25-26H,4,9-10H2,1-2H3/b20-18-. The molecular formula is C22H22ClNO6. The summed E-state index contributed by atoms with van der Waals surface area (Å²) in [7, 11) is 2.99. The van der Waals surface area contributed by atoms with Crippen molar-refractivity contribution in [3.8, 4) is 11.5 Å². The summed E-state index contributed by atoms with van der Waals surface area (Å²) in [6.45, 7) is 0.656. The van der Waals surface area contributed by atoms with Crippen LogP contribution in [0, 0.1) is 0 Å². The second-order valence-corrected chi connectivity index (χ2v) is 7.19. The van der Waals surface area contributed by atoms with E-state index in [9.17, 15) is 19.8 Å². The number of phenolic OH excluding ortho intramolecular Hbond substituents is 1. The van der Waals surface area contributed by atoms with E-state index in [1.54, 1.807) is 19.2 Å². The molecule has 1 atom stereocenters. The van der Waals surface area contributed by atoms with Crippen LogP contribution in [0.2, 0.25) is 5.02 Å². The van der Waals surface area contributed by atoms with E-state index in [0.29, 0.717) is 29.4 Å². The number of hydrogen-bond acceptors (Lipinski definition) is 6. The predicted octanol–water partition coefficient (Wildman–Crippen LogP) is 3.51. The third-order valence-electron chi connectivity index (χ3n) is 4.90. The van der Waals surface area contributed by atoms with E-state index in [2.05, 4.69) is 0 Å². The van der Waals surface area contributed by atoms with Crippen molar-refractivity contribution in [3.05, 3.63) is 64.2 Å². The number of hydrogen-bond donors (Lipinski definition) is 2. The Hall–Kier alpha value is -3.03. The van der Waals surface area contributed by atoms with Gasteiger partial charge in [-0.05, 0) is 42.3 Å². The maximum atomic E-state index is 12.9. The summed E-state index contributed by atoms with van der Waals surface area (Å²) < 4.78 is 10.2. The van der Waals surface area contributed by atoms with Crippen molar-refractivity contribution in [1.29, 1.82) is 0 Å². The van der Waals surface area contributed by atoms with Crippen molar-refractivity contribution >= 4 is 29.1 Å². The Morgan fingerprint density at radius 3 is 2.60 bits per heavy atom. The number of amides is 1. The summed E-state index contributed by atoms with van der Waals surface area (Å²) in [6.07, 6.45) is 0.508. The summed E-state index contributed by atoms with van der Waals surface area (Å²) in [4.78, 5) is 27.1. The van der Waals surface area contributed by atoms with Crippen LogP contribution < -0.4 is 4.74 Å². The average molecular weight is 432 g/mol. The van der Waals surface area contributed by atoms with Gasteiger partial charge in [-0.2, -0.15) is 0 Å². The number of aromatic hydroxyl groups is 1. The maximum absolute atomic E-state index is 12.9. The number of ketones is 1. The minimum atomic E-state index is -0.851. The van der Waals surface area contributed by atoms with Gasteiger partial charge in [0, 0.05) is 25.8 Å². The number of phenols is 1. The van der Waals surface area contributed by atoms with Gasteiger partial charge in [-0.3, -0.25) is 9.59 Å². The number of carbonyl (C=O) groups is 2. The van der Waals surface area contributed by atoms with E-state index < -0.39 is 17.7 Å². The highest BCUT2D eigenvalue weighted by Gasteiger charge is 2.45. The molecule has 1 saturated heterocycles. The zero-order valence-electron chi connectivity index (χ0n) is 16.6. The fraction of sp³-hybridized carbons (Fsp3) is 0.273. The van der Waals surface area contributed by atoms with Gasteiger partial charge in [-0.1, -0.05) is 23.7 Å². The van der Waals surface area contributed by atoms with Gasteiger partial charge in [0.2, 0.25) is 0 Å². The number of methoxy groups -OCH3 is 2. The average Bonchev–Trinajstić information content (AvgIpc) is 2.99. The molecule has 3 rings (SSSR count). The minimum Gasteiger partial charge on any atom is -0.508 e. The minimum absolute atomic E-state index is 0.0110. The Morgan fingerprint density at radius 1 is 1.17 bits per heavy atom. The lowest BCUT2D eigenvalue weighted by molar-refractivity contribution is -0.140. The molecule has 30 heavy (non-hydrogen) atoms. The number of aliphatic hydroxyl groups excluding tert-OH is 1. The number of likely N-dealkylation sites (tertiary alicyclic amines) is 1. The number of Topliss-reactive ketones (excluding diaryl/α,β-unsaturated/α-hetero) is 1. The van der Waals surface area contributed by atoms with E-state index in [-0.39, 0.29) is 29.2 Å². The van der Waals surface area contributed by atoms with Crippen molar-refractivity contribution in [3.63, 3.8) is 0 Å². The molecule has 1 heterocycles. The number of ether oxygens (including phenoxy) is 2. The summed E-state index contributed by atoms with van der Waals surface area (Å²) >= 11 is 6.06. The summed E-state index contributed by atoms with van der Waals surface area (Å²) in [5, 5.41) is 21.3. The van der Waals surface area contributed by atoms with Gasteiger partial charge >= 0.3 is 0 Å². The van der Waals surface area contributed by atoms with Crippen LogP contribution in [-0.4, -0.2) is 54.2 Å². The molecule has 1 unspecified atom stereocenters. The number of halogens is 1. The highest BCUT2D eigenvalue weighted by Crippen LogP contribution is 2.41. The van der Waals surface area contributed by atoms with E-state index in [4.69, 9.17) is 21.1 Å². The molecule has 0 bridgehead atoms.